The van der Waals surface area contributed by atoms with Gasteiger partial charge in [-0.1, -0.05) is 26.7 Å². The van der Waals surface area contributed by atoms with Crippen molar-refractivity contribution in [1.29, 1.82) is 0 Å². The molecule has 17 heavy (non-hydrogen) atoms. The summed E-state index contributed by atoms with van der Waals surface area (Å²) in [6.45, 7) is 7.62. The fraction of sp³-hybridized carbons (Fsp3) is 0.846. The summed E-state index contributed by atoms with van der Waals surface area (Å²) in [4.78, 5) is 24.5. The smallest absolute Gasteiger partial charge is 0.323 e. The molecule has 0 saturated heterocycles. The minimum absolute atomic E-state index is 0.00824. The average Bonchev–Trinajstić information content (AvgIpc) is 2.24. The van der Waals surface area contributed by atoms with Crippen LogP contribution in [0.1, 0.15) is 53.4 Å². The van der Waals surface area contributed by atoms with Crippen molar-refractivity contribution >= 4 is 11.9 Å². The van der Waals surface area contributed by atoms with Gasteiger partial charge in [0.05, 0.1) is 0 Å². The van der Waals surface area contributed by atoms with E-state index in [0.29, 0.717) is 0 Å². The fourth-order valence-corrected chi connectivity index (χ4v) is 1.98. The number of amides is 1. The van der Waals surface area contributed by atoms with Crippen molar-refractivity contribution < 1.29 is 14.7 Å². The Kier molecular flexibility index (Phi) is 7.59. The van der Waals surface area contributed by atoms with Gasteiger partial charge in [-0.3, -0.25) is 9.59 Å². The van der Waals surface area contributed by atoms with E-state index in [1.54, 1.807) is 0 Å². The molecule has 0 aromatic carbocycles. The monoisotopic (exact) mass is 243 g/mol. The number of carbonyl (C=O) groups is 2. The summed E-state index contributed by atoms with van der Waals surface area (Å²) >= 11 is 0. The van der Waals surface area contributed by atoms with E-state index >= 15 is 0 Å². The third kappa shape index (κ3) is 5.71. The highest BCUT2D eigenvalue weighted by atomic mass is 16.4. The number of carboxylic acids is 1. The van der Waals surface area contributed by atoms with E-state index in [1.807, 2.05) is 27.7 Å². The molecule has 1 amide bonds. The maximum absolute atomic E-state index is 12.3. The molecule has 0 bridgehead atoms. The Balaban J connectivity index is 4.70. The quantitative estimate of drug-likeness (QED) is 0.712. The zero-order valence-electron chi connectivity index (χ0n) is 11.4. The first-order chi connectivity index (χ1) is 7.93. The normalized spacial score (nSPS) is 10.9. The van der Waals surface area contributed by atoms with Crippen LogP contribution in [0.2, 0.25) is 0 Å². The molecule has 1 N–H and O–H groups in total. The average molecular weight is 243 g/mol. The van der Waals surface area contributed by atoms with Gasteiger partial charge in [-0.25, -0.2) is 0 Å². The molecule has 0 heterocycles. The second-order valence-corrected chi connectivity index (χ2v) is 4.73. The van der Waals surface area contributed by atoms with Gasteiger partial charge in [-0.15, -0.1) is 0 Å². The number of aliphatic carboxylic acids is 1. The van der Waals surface area contributed by atoms with Crippen LogP contribution in [-0.2, 0) is 9.59 Å². The van der Waals surface area contributed by atoms with Gasteiger partial charge in [0.1, 0.15) is 6.54 Å². The zero-order chi connectivity index (χ0) is 13.4. The molecule has 0 unspecified atom stereocenters. The van der Waals surface area contributed by atoms with Crippen LogP contribution in [0.15, 0.2) is 0 Å². The van der Waals surface area contributed by atoms with Crippen LogP contribution in [0.5, 0.6) is 0 Å². The first-order valence-electron chi connectivity index (χ1n) is 6.46. The highest BCUT2D eigenvalue weighted by Crippen LogP contribution is 2.18. The van der Waals surface area contributed by atoms with Crippen molar-refractivity contribution in [3.8, 4) is 0 Å². The lowest BCUT2D eigenvalue weighted by Gasteiger charge is -2.29. The molecule has 100 valence electrons. The first-order valence-corrected chi connectivity index (χ1v) is 6.46. The molecule has 0 aliphatic rings. The summed E-state index contributed by atoms with van der Waals surface area (Å²) in [5, 5.41) is 8.83. The number of hydrogen-bond acceptors (Lipinski definition) is 2. The van der Waals surface area contributed by atoms with Crippen LogP contribution in [0, 0.1) is 5.92 Å². The summed E-state index contributed by atoms with van der Waals surface area (Å²) in [5.74, 6) is -0.975. The molecule has 0 aromatic rings. The van der Waals surface area contributed by atoms with Crippen molar-refractivity contribution in [3.63, 3.8) is 0 Å². The van der Waals surface area contributed by atoms with E-state index < -0.39 is 5.97 Å². The Labute approximate surface area is 104 Å². The van der Waals surface area contributed by atoms with Crippen molar-refractivity contribution in [2.24, 2.45) is 5.92 Å². The molecule has 0 aliphatic heterocycles. The standard InChI is InChI=1S/C13H25NO3/c1-5-7-11(8-6-2)13(17)14(10(3)4)9-12(15)16/h10-11H,5-9H2,1-4H3,(H,15,16). The summed E-state index contributed by atoms with van der Waals surface area (Å²) in [7, 11) is 0. The van der Waals surface area contributed by atoms with Crippen LogP contribution in [-0.4, -0.2) is 34.5 Å². The van der Waals surface area contributed by atoms with Gasteiger partial charge in [0.2, 0.25) is 5.91 Å². The van der Waals surface area contributed by atoms with Gasteiger partial charge in [-0.05, 0) is 26.7 Å². The number of hydrogen-bond donors (Lipinski definition) is 1. The molecule has 0 atom stereocenters. The molecule has 4 heteroatoms. The van der Waals surface area contributed by atoms with E-state index in [0.717, 1.165) is 25.7 Å². The summed E-state index contributed by atoms with van der Waals surface area (Å²) in [6.07, 6.45) is 3.59. The van der Waals surface area contributed by atoms with Gasteiger partial charge in [0, 0.05) is 12.0 Å². The summed E-state index contributed by atoms with van der Waals surface area (Å²) in [5.41, 5.74) is 0. The van der Waals surface area contributed by atoms with Crippen molar-refractivity contribution in [3.05, 3.63) is 0 Å². The number of carbonyl (C=O) groups excluding carboxylic acids is 1. The molecular weight excluding hydrogens is 218 g/mol. The topological polar surface area (TPSA) is 57.6 Å². The van der Waals surface area contributed by atoms with Gasteiger partial charge < -0.3 is 10.0 Å². The predicted molar refractivity (Wildman–Crippen MR) is 67.8 cm³/mol. The lowest BCUT2D eigenvalue weighted by molar-refractivity contribution is -0.148. The first kappa shape index (κ1) is 15.9. The highest BCUT2D eigenvalue weighted by Gasteiger charge is 2.26. The van der Waals surface area contributed by atoms with E-state index in [9.17, 15) is 9.59 Å². The van der Waals surface area contributed by atoms with E-state index in [4.69, 9.17) is 5.11 Å². The van der Waals surface area contributed by atoms with Crippen LogP contribution >= 0.6 is 0 Å². The molecule has 4 nitrogen and oxygen atoms in total. The number of nitrogens with zero attached hydrogens (tertiary/aromatic N) is 1. The molecule has 0 aromatic heterocycles. The molecule has 0 radical (unpaired) electrons. The Morgan fingerprint density at radius 3 is 1.88 bits per heavy atom. The van der Waals surface area contributed by atoms with Gasteiger partial charge >= 0.3 is 5.97 Å². The third-order valence-electron chi connectivity index (χ3n) is 2.84. The van der Waals surface area contributed by atoms with Crippen LogP contribution in [0.25, 0.3) is 0 Å². The lowest BCUT2D eigenvalue weighted by atomic mass is 9.96. The van der Waals surface area contributed by atoms with Gasteiger partial charge in [0.25, 0.3) is 0 Å². The zero-order valence-corrected chi connectivity index (χ0v) is 11.4. The lowest BCUT2D eigenvalue weighted by Crippen LogP contribution is -2.44. The fourth-order valence-electron chi connectivity index (χ4n) is 1.98. The second-order valence-electron chi connectivity index (χ2n) is 4.73. The van der Waals surface area contributed by atoms with Crippen molar-refractivity contribution in [2.45, 2.75) is 59.4 Å². The number of rotatable bonds is 8. The Bertz CT molecular complexity index is 245. The molecule has 0 fully saturated rings. The predicted octanol–water partition coefficient (Wildman–Crippen LogP) is 2.52. The SMILES string of the molecule is CCCC(CCC)C(=O)N(CC(=O)O)C(C)C. The molecule has 0 saturated carbocycles. The van der Waals surface area contributed by atoms with Crippen molar-refractivity contribution in [2.75, 3.05) is 6.54 Å². The second kappa shape index (κ2) is 8.09. The Morgan fingerprint density at radius 1 is 1.12 bits per heavy atom. The highest BCUT2D eigenvalue weighted by molar-refractivity contribution is 5.83. The Morgan fingerprint density at radius 2 is 1.59 bits per heavy atom. The minimum atomic E-state index is -0.946. The maximum atomic E-state index is 12.3. The van der Waals surface area contributed by atoms with Gasteiger partial charge in [0.15, 0.2) is 0 Å². The molecule has 0 rings (SSSR count). The van der Waals surface area contributed by atoms with Crippen LogP contribution in [0.4, 0.5) is 0 Å². The van der Waals surface area contributed by atoms with Crippen LogP contribution < -0.4 is 0 Å². The Hall–Kier alpha value is -1.06. The minimum Gasteiger partial charge on any atom is -0.480 e. The largest absolute Gasteiger partial charge is 0.480 e. The molecular formula is C13H25NO3. The summed E-state index contributed by atoms with van der Waals surface area (Å²) < 4.78 is 0. The van der Waals surface area contributed by atoms with Crippen LogP contribution in [0.3, 0.4) is 0 Å². The number of carboxylic acid groups (broad SMARTS) is 1. The maximum Gasteiger partial charge on any atom is 0.323 e. The summed E-state index contributed by atoms with van der Waals surface area (Å²) in [6, 6.07) is -0.0604. The van der Waals surface area contributed by atoms with Gasteiger partial charge in [-0.2, -0.15) is 0 Å². The van der Waals surface area contributed by atoms with Crippen molar-refractivity contribution in [1.82, 2.24) is 4.90 Å². The van der Waals surface area contributed by atoms with E-state index in [-0.39, 0.29) is 24.4 Å². The molecule has 0 spiro atoms. The van der Waals surface area contributed by atoms with E-state index in [2.05, 4.69) is 0 Å². The third-order valence-corrected chi connectivity index (χ3v) is 2.84. The van der Waals surface area contributed by atoms with E-state index in [1.165, 1.54) is 4.90 Å². The molecule has 0 aliphatic carbocycles.